The van der Waals surface area contributed by atoms with Crippen molar-refractivity contribution < 1.29 is 34.1 Å². The van der Waals surface area contributed by atoms with Crippen LogP contribution in [0.2, 0.25) is 0 Å². The Balaban J connectivity index is 0. The van der Waals surface area contributed by atoms with Crippen LogP contribution in [0.25, 0.3) is 0 Å². The molecule has 154 valence electrons. The van der Waals surface area contributed by atoms with Crippen molar-refractivity contribution in [2.24, 2.45) is 5.92 Å². The number of unbranched alkanes of at least 4 members (excludes halogenated alkanes) is 1. The first-order valence-electron chi connectivity index (χ1n) is 8.92. The Morgan fingerprint density at radius 3 is 2.19 bits per heavy atom. The molecule has 0 fully saturated rings. The normalized spacial score (nSPS) is 12.3. The predicted octanol–water partition coefficient (Wildman–Crippen LogP) is 3.04. The van der Waals surface area contributed by atoms with Gasteiger partial charge in [0.15, 0.2) is 0 Å². The minimum Gasteiger partial charge on any atom is -0.478 e. The fourth-order valence-corrected chi connectivity index (χ4v) is 1.69. The van der Waals surface area contributed by atoms with Gasteiger partial charge in [-0.1, -0.05) is 46.3 Å². The number of carbonyl (C=O) groups excluding carboxylic acids is 2. The third-order valence-electron chi connectivity index (χ3n) is 3.32. The van der Waals surface area contributed by atoms with Crippen LogP contribution in [0.15, 0.2) is 37.0 Å². The van der Waals surface area contributed by atoms with Crippen molar-refractivity contribution in [2.45, 2.75) is 52.6 Å². The van der Waals surface area contributed by atoms with E-state index in [-0.39, 0.29) is 18.1 Å². The van der Waals surface area contributed by atoms with Crippen LogP contribution in [-0.2, 0) is 23.9 Å². The minimum atomic E-state index is -1.17. The molecule has 0 aliphatic rings. The van der Waals surface area contributed by atoms with Crippen molar-refractivity contribution in [3.05, 3.63) is 37.0 Å². The molecule has 0 saturated carbocycles. The van der Waals surface area contributed by atoms with E-state index < -0.39 is 18.0 Å². The van der Waals surface area contributed by atoms with E-state index in [9.17, 15) is 14.4 Å². The van der Waals surface area contributed by atoms with Crippen LogP contribution >= 0.6 is 0 Å². The predicted molar refractivity (Wildman–Crippen MR) is 103 cm³/mol. The first-order valence-corrected chi connectivity index (χ1v) is 8.92. The van der Waals surface area contributed by atoms with Gasteiger partial charge in [-0.05, 0) is 25.3 Å². The molecule has 0 spiro atoms. The van der Waals surface area contributed by atoms with Crippen molar-refractivity contribution >= 4 is 17.9 Å². The van der Waals surface area contributed by atoms with Crippen LogP contribution in [0.3, 0.4) is 0 Å². The summed E-state index contributed by atoms with van der Waals surface area (Å²) < 4.78 is 9.55. The molecule has 7 heteroatoms. The molecular formula is C20H32O7. The summed E-state index contributed by atoms with van der Waals surface area (Å²) in [5.74, 6) is -1.71. The number of esters is 2. The molecule has 2 unspecified atom stereocenters. The zero-order valence-electron chi connectivity index (χ0n) is 16.5. The minimum absolute atomic E-state index is 0.0759. The van der Waals surface area contributed by atoms with E-state index in [1.165, 1.54) is 25.8 Å². The summed E-state index contributed by atoms with van der Waals surface area (Å²) >= 11 is 0. The lowest BCUT2D eigenvalue weighted by atomic mass is 10.0. The molecule has 2 N–H and O–H groups in total. The number of ether oxygens (including phenoxy) is 2. The third kappa shape index (κ3) is 18.2. The lowest BCUT2D eigenvalue weighted by Crippen LogP contribution is -2.15. The quantitative estimate of drug-likeness (QED) is 0.302. The van der Waals surface area contributed by atoms with Gasteiger partial charge in [0.05, 0.1) is 18.3 Å². The number of aliphatic hydroxyl groups excluding tert-OH is 1. The van der Waals surface area contributed by atoms with E-state index in [1.807, 2.05) is 0 Å². The molecule has 0 radical (unpaired) electrons. The van der Waals surface area contributed by atoms with Gasteiger partial charge in [0.1, 0.15) is 6.61 Å². The van der Waals surface area contributed by atoms with Gasteiger partial charge in [-0.15, -0.1) is 0 Å². The van der Waals surface area contributed by atoms with Crippen LogP contribution < -0.4 is 0 Å². The average molecular weight is 384 g/mol. The molecule has 2 atom stereocenters. The van der Waals surface area contributed by atoms with Gasteiger partial charge in [0.25, 0.3) is 0 Å². The summed E-state index contributed by atoms with van der Waals surface area (Å²) in [6.07, 6.45) is 6.92. The number of carboxylic acids is 1. The van der Waals surface area contributed by atoms with Crippen molar-refractivity contribution in [2.75, 3.05) is 13.2 Å². The second-order valence-electron chi connectivity index (χ2n) is 5.89. The van der Waals surface area contributed by atoms with Gasteiger partial charge in [0, 0.05) is 12.2 Å². The molecule has 0 aliphatic heterocycles. The van der Waals surface area contributed by atoms with Gasteiger partial charge >= 0.3 is 17.9 Å². The first-order chi connectivity index (χ1) is 12.7. The van der Waals surface area contributed by atoms with Crippen molar-refractivity contribution in [1.82, 2.24) is 0 Å². The molecular weight excluding hydrogens is 352 g/mol. The fourth-order valence-electron chi connectivity index (χ4n) is 1.69. The summed E-state index contributed by atoms with van der Waals surface area (Å²) in [5.41, 5.74) is -0.0759. The maximum absolute atomic E-state index is 11.0. The molecule has 0 bridgehead atoms. The zero-order chi connectivity index (χ0) is 21.2. The smallest absolute Gasteiger partial charge is 0.337 e. The average Bonchev–Trinajstić information content (AvgIpc) is 2.64. The monoisotopic (exact) mass is 384 g/mol. The Morgan fingerprint density at radius 1 is 1.11 bits per heavy atom. The van der Waals surface area contributed by atoms with Crippen LogP contribution in [0.4, 0.5) is 0 Å². The summed E-state index contributed by atoms with van der Waals surface area (Å²) in [6, 6.07) is 0. The second kappa shape index (κ2) is 17.0. The summed E-state index contributed by atoms with van der Waals surface area (Å²) in [4.78, 5) is 31.8. The third-order valence-corrected chi connectivity index (χ3v) is 3.32. The summed E-state index contributed by atoms with van der Waals surface area (Å²) in [7, 11) is 0. The van der Waals surface area contributed by atoms with Crippen LogP contribution in [0.5, 0.6) is 0 Å². The number of aliphatic carboxylic acids is 1. The number of carbonyl (C=O) groups is 3. The molecule has 0 aromatic heterocycles. The Morgan fingerprint density at radius 2 is 1.74 bits per heavy atom. The van der Waals surface area contributed by atoms with E-state index in [1.54, 1.807) is 0 Å². The Bertz CT molecular complexity index is 506. The topological polar surface area (TPSA) is 110 Å². The van der Waals surface area contributed by atoms with Gasteiger partial charge < -0.3 is 19.7 Å². The number of aliphatic hydroxyl groups is 1. The lowest BCUT2D eigenvalue weighted by Gasteiger charge is -2.13. The van der Waals surface area contributed by atoms with E-state index in [0.717, 1.165) is 25.0 Å². The zero-order valence-corrected chi connectivity index (χ0v) is 16.5. The standard InChI is InChI=1S/C11H20O2.C9H12O5/c1-4-7-8-10(5-2)9-13-11(12)6-3;1-6(3-4-8(11)12)9(13)14-5-7(2)10/h6,10H,3-5,7-9H2,1-2H3;3-4,7,10H,1,5H2,2H3,(H,11,12). The number of hydrogen-bond acceptors (Lipinski definition) is 6. The van der Waals surface area contributed by atoms with E-state index in [4.69, 9.17) is 14.9 Å². The van der Waals surface area contributed by atoms with E-state index in [0.29, 0.717) is 12.5 Å². The van der Waals surface area contributed by atoms with Gasteiger partial charge in [-0.3, -0.25) is 0 Å². The lowest BCUT2D eigenvalue weighted by molar-refractivity contribution is -0.141. The van der Waals surface area contributed by atoms with Crippen LogP contribution in [0.1, 0.15) is 46.5 Å². The Labute approximate surface area is 161 Å². The van der Waals surface area contributed by atoms with Crippen molar-refractivity contribution in [1.29, 1.82) is 0 Å². The highest BCUT2D eigenvalue weighted by Gasteiger charge is 2.08. The van der Waals surface area contributed by atoms with Gasteiger partial charge in [-0.2, -0.15) is 0 Å². The first kappa shape index (κ1) is 26.8. The largest absolute Gasteiger partial charge is 0.478 e. The molecule has 27 heavy (non-hydrogen) atoms. The highest BCUT2D eigenvalue weighted by molar-refractivity contribution is 5.93. The van der Waals surface area contributed by atoms with Crippen LogP contribution in [0, 0.1) is 5.92 Å². The SMILES string of the molecule is C=C(C=CC(=O)O)C(=O)OCC(C)O.C=CC(=O)OCC(CC)CCCC. The highest BCUT2D eigenvalue weighted by atomic mass is 16.5. The molecule has 0 rings (SSSR count). The second-order valence-corrected chi connectivity index (χ2v) is 5.89. The van der Waals surface area contributed by atoms with Crippen molar-refractivity contribution in [3.63, 3.8) is 0 Å². The molecule has 0 amide bonds. The molecule has 0 aromatic carbocycles. The van der Waals surface area contributed by atoms with Gasteiger partial charge in [-0.25, -0.2) is 14.4 Å². The molecule has 0 aliphatic carbocycles. The van der Waals surface area contributed by atoms with Crippen molar-refractivity contribution in [3.8, 4) is 0 Å². The highest BCUT2D eigenvalue weighted by Crippen LogP contribution is 2.12. The molecule has 0 heterocycles. The van der Waals surface area contributed by atoms with Crippen LogP contribution in [-0.4, -0.2) is 47.4 Å². The summed E-state index contributed by atoms with van der Waals surface area (Å²) in [6.45, 7) is 12.8. The maximum Gasteiger partial charge on any atom is 0.337 e. The fraction of sp³-hybridized carbons (Fsp3) is 0.550. The van der Waals surface area contributed by atoms with Gasteiger partial charge in [0.2, 0.25) is 0 Å². The summed E-state index contributed by atoms with van der Waals surface area (Å²) in [5, 5.41) is 17.0. The maximum atomic E-state index is 11.0. The number of hydrogen-bond donors (Lipinski definition) is 2. The molecule has 7 nitrogen and oxygen atoms in total. The number of rotatable bonds is 12. The molecule has 0 aromatic rings. The number of carboxylic acid groups (broad SMARTS) is 1. The Kier molecular flexibility index (Phi) is 16.9. The van der Waals surface area contributed by atoms with E-state index >= 15 is 0 Å². The Hall–Kier alpha value is -2.41. The van der Waals surface area contributed by atoms with E-state index in [2.05, 4.69) is 31.7 Å². The molecule has 0 saturated heterocycles.